The molecule has 1 fully saturated rings. The van der Waals surface area contributed by atoms with Gasteiger partial charge in [0, 0.05) is 39.3 Å². The molecule has 0 bridgehead atoms. The van der Waals surface area contributed by atoms with Crippen molar-refractivity contribution in [3.05, 3.63) is 24.0 Å². The summed E-state index contributed by atoms with van der Waals surface area (Å²) in [6.45, 7) is 10.3. The predicted molar refractivity (Wildman–Crippen MR) is 66.3 cm³/mol. The molecule has 4 heteroatoms. The zero-order chi connectivity index (χ0) is 12.0. The molecular formula is C12H19N3O. The molecule has 0 unspecified atom stereocenters. The molecule has 0 aliphatic carbocycles. The largest absolute Gasteiger partial charge is 0.367 e. The zero-order valence-electron chi connectivity index (χ0n) is 10.0. The first-order chi connectivity index (χ1) is 7.69. The van der Waals surface area contributed by atoms with Crippen LogP contribution in [-0.4, -0.2) is 48.6 Å². The van der Waals surface area contributed by atoms with E-state index in [0.717, 1.165) is 31.9 Å². The first-order valence-corrected chi connectivity index (χ1v) is 5.48. The summed E-state index contributed by atoms with van der Waals surface area (Å²) in [5.74, 6) is 0.151. The molecule has 0 aromatic rings. The summed E-state index contributed by atoms with van der Waals surface area (Å²) in [5.41, 5.74) is 1.06. The fraction of sp³-hybridized carbons (Fsp3) is 0.500. The van der Waals surface area contributed by atoms with Gasteiger partial charge in [-0.1, -0.05) is 6.08 Å². The fourth-order valence-electron chi connectivity index (χ4n) is 1.77. The Hall–Kier alpha value is -1.58. The highest BCUT2D eigenvalue weighted by molar-refractivity contribution is 5.73. The second-order valence-electron chi connectivity index (χ2n) is 3.73. The summed E-state index contributed by atoms with van der Waals surface area (Å²) in [6, 6.07) is 0. The Morgan fingerprint density at radius 2 is 1.81 bits per heavy atom. The maximum Gasteiger partial charge on any atom is 0.219 e. The standard InChI is InChI=1S/C12H19N3O/c1-4-5-12(10-13-3)15-8-6-14(7-9-15)11(2)16/h4-5,10H,3,6-9H2,1-2H3/b5-4-,12-10+. The van der Waals surface area contributed by atoms with E-state index >= 15 is 0 Å². The molecule has 1 saturated heterocycles. The molecular weight excluding hydrogens is 202 g/mol. The molecule has 0 aromatic heterocycles. The first kappa shape index (κ1) is 12.5. The predicted octanol–water partition coefficient (Wildman–Crippen LogP) is 1.27. The maximum atomic E-state index is 11.2. The van der Waals surface area contributed by atoms with Crippen LogP contribution in [0.2, 0.25) is 0 Å². The summed E-state index contributed by atoms with van der Waals surface area (Å²) in [4.78, 5) is 19.1. The Labute approximate surface area is 96.9 Å². The van der Waals surface area contributed by atoms with E-state index < -0.39 is 0 Å². The van der Waals surface area contributed by atoms with Crippen molar-refractivity contribution in [2.45, 2.75) is 13.8 Å². The van der Waals surface area contributed by atoms with Crippen molar-refractivity contribution in [3.8, 4) is 0 Å². The molecule has 0 saturated carbocycles. The van der Waals surface area contributed by atoms with Gasteiger partial charge in [-0.15, -0.1) is 0 Å². The van der Waals surface area contributed by atoms with Gasteiger partial charge < -0.3 is 9.80 Å². The van der Waals surface area contributed by atoms with Crippen molar-refractivity contribution in [2.24, 2.45) is 4.99 Å². The van der Waals surface area contributed by atoms with Gasteiger partial charge in [0.25, 0.3) is 0 Å². The highest BCUT2D eigenvalue weighted by Crippen LogP contribution is 2.11. The van der Waals surface area contributed by atoms with Crippen molar-refractivity contribution in [1.29, 1.82) is 0 Å². The van der Waals surface area contributed by atoms with Crippen LogP contribution in [0.4, 0.5) is 0 Å². The second kappa shape index (κ2) is 6.10. The van der Waals surface area contributed by atoms with E-state index in [0.29, 0.717) is 0 Å². The normalized spacial score (nSPS) is 18.0. The number of amides is 1. The van der Waals surface area contributed by atoms with E-state index in [9.17, 15) is 4.79 Å². The maximum absolute atomic E-state index is 11.2. The molecule has 1 aliphatic heterocycles. The lowest BCUT2D eigenvalue weighted by Crippen LogP contribution is -2.47. The number of nitrogens with zero attached hydrogens (tertiary/aromatic N) is 3. The Morgan fingerprint density at radius 1 is 1.25 bits per heavy atom. The minimum Gasteiger partial charge on any atom is -0.367 e. The Kier molecular flexibility index (Phi) is 4.76. The number of carbonyl (C=O) groups is 1. The van der Waals surface area contributed by atoms with Crippen LogP contribution < -0.4 is 0 Å². The van der Waals surface area contributed by atoms with E-state index in [-0.39, 0.29) is 5.91 Å². The van der Waals surface area contributed by atoms with Gasteiger partial charge in [-0.2, -0.15) is 0 Å². The highest BCUT2D eigenvalue weighted by atomic mass is 16.2. The Balaban J connectivity index is 2.60. The van der Waals surface area contributed by atoms with Crippen molar-refractivity contribution in [3.63, 3.8) is 0 Å². The van der Waals surface area contributed by atoms with E-state index in [4.69, 9.17) is 0 Å². The van der Waals surface area contributed by atoms with Gasteiger partial charge >= 0.3 is 0 Å². The molecule has 0 aromatic carbocycles. The summed E-state index contributed by atoms with van der Waals surface area (Å²) < 4.78 is 0. The molecule has 1 rings (SSSR count). The van der Waals surface area contributed by atoms with Gasteiger partial charge in [0.15, 0.2) is 0 Å². The molecule has 1 amide bonds. The molecule has 88 valence electrons. The molecule has 4 nitrogen and oxygen atoms in total. The number of rotatable bonds is 3. The lowest BCUT2D eigenvalue weighted by Gasteiger charge is -2.35. The third-order valence-corrected chi connectivity index (χ3v) is 2.65. The topological polar surface area (TPSA) is 35.9 Å². The van der Waals surface area contributed by atoms with E-state index in [2.05, 4.69) is 16.6 Å². The van der Waals surface area contributed by atoms with Crippen molar-refractivity contribution < 1.29 is 4.79 Å². The third kappa shape index (κ3) is 3.22. The summed E-state index contributed by atoms with van der Waals surface area (Å²) in [5, 5.41) is 0. The Bertz CT molecular complexity index is 312. The number of piperazine rings is 1. The average molecular weight is 221 g/mol. The molecule has 0 radical (unpaired) electrons. The van der Waals surface area contributed by atoms with Gasteiger partial charge in [-0.3, -0.25) is 9.79 Å². The monoisotopic (exact) mass is 221 g/mol. The van der Waals surface area contributed by atoms with Crippen molar-refractivity contribution in [1.82, 2.24) is 9.80 Å². The molecule has 1 heterocycles. The van der Waals surface area contributed by atoms with E-state index in [1.54, 1.807) is 13.1 Å². The quantitative estimate of drug-likeness (QED) is 0.531. The summed E-state index contributed by atoms with van der Waals surface area (Å²) >= 11 is 0. The van der Waals surface area contributed by atoms with Crippen LogP contribution in [0.1, 0.15) is 13.8 Å². The smallest absolute Gasteiger partial charge is 0.219 e. The molecule has 0 atom stereocenters. The lowest BCUT2D eigenvalue weighted by atomic mass is 10.2. The number of carbonyl (C=O) groups excluding carboxylic acids is 1. The van der Waals surface area contributed by atoms with Crippen molar-refractivity contribution >= 4 is 12.6 Å². The minimum atomic E-state index is 0.151. The lowest BCUT2D eigenvalue weighted by molar-refractivity contribution is -0.130. The first-order valence-electron chi connectivity index (χ1n) is 5.48. The molecule has 0 N–H and O–H groups in total. The van der Waals surface area contributed by atoms with Crippen LogP contribution in [0.3, 0.4) is 0 Å². The molecule has 1 aliphatic rings. The van der Waals surface area contributed by atoms with Gasteiger partial charge in [-0.25, -0.2) is 0 Å². The average Bonchev–Trinajstić information content (AvgIpc) is 2.29. The van der Waals surface area contributed by atoms with Gasteiger partial charge in [-0.05, 0) is 19.7 Å². The minimum absolute atomic E-state index is 0.151. The molecule has 16 heavy (non-hydrogen) atoms. The zero-order valence-corrected chi connectivity index (χ0v) is 10.0. The summed E-state index contributed by atoms with van der Waals surface area (Å²) in [6.07, 6.45) is 5.75. The van der Waals surface area contributed by atoms with E-state index in [1.165, 1.54) is 0 Å². The fourth-order valence-corrected chi connectivity index (χ4v) is 1.77. The van der Waals surface area contributed by atoms with Crippen LogP contribution in [0, 0.1) is 0 Å². The SMILES string of the molecule is C=N/C=C(\C=C/C)N1CCN(C(C)=O)CC1. The Morgan fingerprint density at radius 3 is 2.25 bits per heavy atom. The van der Waals surface area contributed by atoms with Gasteiger partial charge in [0.05, 0.1) is 5.70 Å². The van der Waals surface area contributed by atoms with Crippen LogP contribution in [0.5, 0.6) is 0 Å². The molecule has 0 spiro atoms. The highest BCUT2D eigenvalue weighted by Gasteiger charge is 2.18. The van der Waals surface area contributed by atoms with Crippen LogP contribution in [-0.2, 0) is 4.79 Å². The van der Waals surface area contributed by atoms with Gasteiger partial charge in [0.2, 0.25) is 5.91 Å². The second-order valence-corrected chi connectivity index (χ2v) is 3.73. The van der Waals surface area contributed by atoms with Crippen molar-refractivity contribution in [2.75, 3.05) is 26.2 Å². The van der Waals surface area contributed by atoms with E-state index in [1.807, 2.05) is 24.0 Å². The number of allylic oxidation sites excluding steroid dienone is 2. The number of hydrogen-bond donors (Lipinski definition) is 0. The number of aliphatic imine (C=N–C) groups is 1. The van der Waals surface area contributed by atoms with Gasteiger partial charge in [0.1, 0.15) is 0 Å². The summed E-state index contributed by atoms with van der Waals surface area (Å²) in [7, 11) is 0. The number of hydrogen-bond acceptors (Lipinski definition) is 3. The van der Waals surface area contributed by atoms with Crippen LogP contribution in [0.25, 0.3) is 0 Å². The third-order valence-electron chi connectivity index (χ3n) is 2.65. The van der Waals surface area contributed by atoms with Crippen LogP contribution in [0.15, 0.2) is 29.0 Å². The van der Waals surface area contributed by atoms with Crippen LogP contribution >= 0.6 is 0 Å².